The third-order valence-corrected chi connectivity index (χ3v) is 3.58. The Bertz CT molecular complexity index is 886. The average Bonchev–Trinajstić information content (AvgIpc) is 3.02. The van der Waals surface area contributed by atoms with Crippen molar-refractivity contribution in [1.29, 1.82) is 0 Å². The van der Waals surface area contributed by atoms with Gasteiger partial charge >= 0.3 is 6.03 Å². The van der Waals surface area contributed by atoms with Gasteiger partial charge < -0.3 is 16.0 Å². The summed E-state index contributed by atoms with van der Waals surface area (Å²) in [7, 11) is 3.42. The summed E-state index contributed by atoms with van der Waals surface area (Å²) in [5.41, 5.74) is 4.26. The Balaban J connectivity index is 1.83. The normalized spacial score (nSPS) is 10.4. The van der Waals surface area contributed by atoms with Crippen LogP contribution in [0.15, 0.2) is 42.9 Å². The van der Waals surface area contributed by atoms with Crippen LogP contribution in [-0.4, -0.2) is 32.8 Å². The van der Waals surface area contributed by atoms with Gasteiger partial charge in [-0.25, -0.2) is 14.8 Å². The van der Waals surface area contributed by atoms with Gasteiger partial charge in [-0.1, -0.05) is 12.1 Å². The van der Waals surface area contributed by atoms with Crippen LogP contribution in [0.25, 0.3) is 11.3 Å². The lowest BCUT2D eigenvalue weighted by Gasteiger charge is -2.09. The molecule has 128 valence electrons. The molecule has 0 aliphatic heterocycles. The number of aryl methyl sites for hydroxylation is 2. The van der Waals surface area contributed by atoms with E-state index in [1.807, 2.05) is 44.4 Å². The number of rotatable bonds is 4. The maximum atomic E-state index is 11.4. The molecule has 0 spiro atoms. The van der Waals surface area contributed by atoms with E-state index in [0.717, 1.165) is 22.5 Å². The SMILES string of the molecule is CNC(=O)Nc1ccc(-c2nc(Nc3cnn(C)c3)ncc2C)cc1. The number of nitrogens with zero attached hydrogens (tertiary/aromatic N) is 4. The first-order valence-electron chi connectivity index (χ1n) is 7.73. The number of hydrogen-bond acceptors (Lipinski definition) is 5. The molecule has 0 unspecified atom stereocenters. The minimum Gasteiger partial charge on any atom is -0.341 e. The van der Waals surface area contributed by atoms with E-state index in [2.05, 4.69) is 31.0 Å². The van der Waals surface area contributed by atoms with E-state index in [9.17, 15) is 4.79 Å². The smallest absolute Gasteiger partial charge is 0.318 e. The van der Waals surface area contributed by atoms with E-state index >= 15 is 0 Å². The van der Waals surface area contributed by atoms with Crippen LogP contribution in [0.4, 0.5) is 22.1 Å². The van der Waals surface area contributed by atoms with Crippen molar-refractivity contribution in [3.8, 4) is 11.3 Å². The van der Waals surface area contributed by atoms with Gasteiger partial charge in [0.2, 0.25) is 5.95 Å². The van der Waals surface area contributed by atoms with Gasteiger partial charge in [0.1, 0.15) is 0 Å². The molecule has 2 aromatic heterocycles. The highest BCUT2D eigenvalue weighted by Crippen LogP contribution is 2.24. The molecule has 0 bridgehead atoms. The standard InChI is InChI=1S/C17H19N7O/c1-11-8-19-16(21-14-9-20-24(3)10-14)23-15(11)12-4-6-13(7-5-12)22-17(25)18-2/h4-10H,1-3H3,(H2,18,22,25)(H,19,21,23). The summed E-state index contributed by atoms with van der Waals surface area (Å²) in [5, 5.41) is 12.5. The summed E-state index contributed by atoms with van der Waals surface area (Å²) in [4.78, 5) is 20.3. The van der Waals surface area contributed by atoms with Crippen molar-refractivity contribution in [2.45, 2.75) is 6.92 Å². The number of aromatic nitrogens is 4. The molecule has 2 amide bonds. The lowest BCUT2D eigenvalue weighted by atomic mass is 10.1. The first-order valence-corrected chi connectivity index (χ1v) is 7.73. The lowest BCUT2D eigenvalue weighted by molar-refractivity contribution is 0.254. The third-order valence-electron chi connectivity index (χ3n) is 3.58. The van der Waals surface area contributed by atoms with Crippen LogP contribution in [0.2, 0.25) is 0 Å². The van der Waals surface area contributed by atoms with Crippen molar-refractivity contribution in [3.63, 3.8) is 0 Å². The fraction of sp³-hybridized carbons (Fsp3) is 0.176. The van der Waals surface area contributed by atoms with Crippen molar-refractivity contribution in [1.82, 2.24) is 25.1 Å². The largest absolute Gasteiger partial charge is 0.341 e. The van der Waals surface area contributed by atoms with Crippen LogP contribution in [0.3, 0.4) is 0 Å². The van der Waals surface area contributed by atoms with Crippen molar-refractivity contribution in [2.75, 3.05) is 17.7 Å². The van der Waals surface area contributed by atoms with Crippen LogP contribution in [0.1, 0.15) is 5.56 Å². The van der Waals surface area contributed by atoms with Gasteiger partial charge in [-0.3, -0.25) is 4.68 Å². The number of urea groups is 1. The molecule has 8 nitrogen and oxygen atoms in total. The van der Waals surface area contributed by atoms with E-state index in [0.29, 0.717) is 11.6 Å². The highest BCUT2D eigenvalue weighted by atomic mass is 16.2. The minimum atomic E-state index is -0.256. The molecule has 0 atom stereocenters. The molecule has 0 aliphatic carbocycles. The molecule has 3 N–H and O–H groups in total. The van der Waals surface area contributed by atoms with Crippen molar-refractivity contribution >= 4 is 23.4 Å². The van der Waals surface area contributed by atoms with Crippen LogP contribution in [-0.2, 0) is 7.05 Å². The van der Waals surface area contributed by atoms with Crippen LogP contribution >= 0.6 is 0 Å². The zero-order valence-corrected chi connectivity index (χ0v) is 14.2. The van der Waals surface area contributed by atoms with Gasteiger partial charge in [-0.15, -0.1) is 0 Å². The Hall–Kier alpha value is -3.42. The van der Waals surface area contributed by atoms with Crippen molar-refractivity contribution in [2.24, 2.45) is 7.05 Å². The van der Waals surface area contributed by atoms with E-state index in [1.54, 1.807) is 24.1 Å². The molecule has 3 aromatic rings. The Morgan fingerprint density at radius 3 is 2.52 bits per heavy atom. The molecule has 3 rings (SSSR count). The molecule has 8 heteroatoms. The predicted molar refractivity (Wildman–Crippen MR) is 96.8 cm³/mol. The predicted octanol–water partition coefficient (Wildman–Crippen LogP) is 2.68. The molecule has 0 saturated carbocycles. The summed E-state index contributed by atoms with van der Waals surface area (Å²) < 4.78 is 1.70. The molecule has 0 fully saturated rings. The van der Waals surface area contributed by atoms with Gasteiger partial charge in [0.05, 0.1) is 17.6 Å². The second-order valence-electron chi connectivity index (χ2n) is 5.53. The monoisotopic (exact) mass is 337 g/mol. The van der Waals surface area contributed by atoms with Gasteiger partial charge in [-0.05, 0) is 24.6 Å². The molecule has 0 radical (unpaired) electrons. The van der Waals surface area contributed by atoms with Crippen LogP contribution < -0.4 is 16.0 Å². The highest BCUT2D eigenvalue weighted by Gasteiger charge is 2.08. The second-order valence-corrected chi connectivity index (χ2v) is 5.53. The maximum Gasteiger partial charge on any atom is 0.318 e. The summed E-state index contributed by atoms with van der Waals surface area (Å²) in [6, 6.07) is 7.23. The van der Waals surface area contributed by atoms with Gasteiger partial charge in [0.15, 0.2) is 0 Å². The second kappa shape index (κ2) is 7.00. The first kappa shape index (κ1) is 16.4. The van der Waals surface area contributed by atoms with E-state index in [1.165, 1.54) is 0 Å². The highest BCUT2D eigenvalue weighted by molar-refractivity contribution is 5.89. The number of carbonyl (C=O) groups is 1. The Morgan fingerprint density at radius 2 is 1.88 bits per heavy atom. The van der Waals surface area contributed by atoms with E-state index in [-0.39, 0.29) is 6.03 Å². The van der Waals surface area contributed by atoms with Gasteiger partial charge in [0, 0.05) is 37.7 Å². The van der Waals surface area contributed by atoms with Crippen molar-refractivity contribution < 1.29 is 4.79 Å². The van der Waals surface area contributed by atoms with E-state index < -0.39 is 0 Å². The first-order chi connectivity index (χ1) is 12.0. The molecular weight excluding hydrogens is 318 g/mol. The number of hydrogen-bond donors (Lipinski definition) is 3. The molecule has 1 aromatic carbocycles. The third kappa shape index (κ3) is 3.92. The number of carbonyl (C=O) groups excluding carboxylic acids is 1. The zero-order valence-electron chi connectivity index (χ0n) is 14.2. The number of anilines is 3. The quantitative estimate of drug-likeness (QED) is 0.680. The lowest BCUT2D eigenvalue weighted by Crippen LogP contribution is -2.24. The molecule has 25 heavy (non-hydrogen) atoms. The molecule has 0 aliphatic rings. The zero-order chi connectivity index (χ0) is 17.8. The fourth-order valence-electron chi connectivity index (χ4n) is 2.31. The Kier molecular flexibility index (Phi) is 4.60. The number of nitrogens with one attached hydrogen (secondary N) is 3. The fourth-order valence-corrected chi connectivity index (χ4v) is 2.31. The van der Waals surface area contributed by atoms with Gasteiger partial charge in [0.25, 0.3) is 0 Å². The number of amides is 2. The van der Waals surface area contributed by atoms with Crippen LogP contribution in [0.5, 0.6) is 0 Å². The molecular formula is C17H19N7O. The summed E-state index contributed by atoms with van der Waals surface area (Å²) in [6.45, 7) is 1.96. The Labute approximate surface area is 145 Å². The Morgan fingerprint density at radius 1 is 1.12 bits per heavy atom. The number of benzene rings is 1. The van der Waals surface area contributed by atoms with Gasteiger partial charge in [-0.2, -0.15) is 5.10 Å². The average molecular weight is 337 g/mol. The topological polar surface area (TPSA) is 96.8 Å². The van der Waals surface area contributed by atoms with Crippen LogP contribution in [0, 0.1) is 6.92 Å². The molecule has 2 heterocycles. The summed E-state index contributed by atoms with van der Waals surface area (Å²) in [5.74, 6) is 0.501. The maximum absolute atomic E-state index is 11.4. The minimum absolute atomic E-state index is 0.256. The van der Waals surface area contributed by atoms with Crippen molar-refractivity contribution in [3.05, 3.63) is 48.4 Å². The molecule has 0 saturated heterocycles. The summed E-state index contributed by atoms with van der Waals surface area (Å²) in [6.07, 6.45) is 5.34. The van der Waals surface area contributed by atoms with E-state index in [4.69, 9.17) is 0 Å². The summed E-state index contributed by atoms with van der Waals surface area (Å²) >= 11 is 0.